The van der Waals surface area contributed by atoms with Crippen LogP contribution in [-0.4, -0.2) is 30.6 Å². The number of para-hydroxylation sites is 1. The third kappa shape index (κ3) is 6.71. The van der Waals surface area contributed by atoms with Gasteiger partial charge in [0.25, 0.3) is 0 Å². The normalized spacial score (nSPS) is 17.8. The molecule has 5 rings (SSSR count). The zero-order chi connectivity index (χ0) is 25.6. The lowest BCUT2D eigenvalue weighted by Crippen LogP contribution is -2.26. The molecule has 1 aliphatic carbocycles. The molecule has 6 heteroatoms. The molecule has 37 heavy (non-hydrogen) atoms. The molecule has 1 saturated carbocycles. The molecule has 1 N–H and O–H groups in total. The highest BCUT2D eigenvalue weighted by Gasteiger charge is 2.21. The van der Waals surface area contributed by atoms with Crippen molar-refractivity contribution in [1.29, 1.82) is 0 Å². The van der Waals surface area contributed by atoms with Crippen molar-refractivity contribution in [2.24, 2.45) is 11.8 Å². The molecule has 0 spiro atoms. The average Bonchev–Trinajstić information content (AvgIpc) is 3.38. The van der Waals surface area contributed by atoms with Crippen LogP contribution >= 0.6 is 11.6 Å². The van der Waals surface area contributed by atoms with E-state index in [1.807, 2.05) is 30.3 Å². The van der Waals surface area contributed by atoms with Gasteiger partial charge in [-0.25, -0.2) is 9.97 Å². The summed E-state index contributed by atoms with van der Waals surface area (Å²) in [6, 6.07) is 20.2. The van der Waals surface area contributed by atoms with E-state index in [0.29, 0.717) is 0 Å². The first-order valence-electron chi connectivity index (χ1n) is 13.5. The number of rotatable bonds is 10. The summed E-state index contributed by atoms with van der Waals surface area (Å²) < 4.78 is 6.02. The molecule has 5 nitrogen and oxygen atoms in total. The number of furan rings is 1. The summed E-state index contributed by atoms with van der Waals surface area (Å²) in [7, 11) is 4.11. The Morgan fingerprint density at radius 1 is 0.919 bits per heavy atom. The first kappa shape index (κ1) is 25.7. The molecule has 0 aliphatic heterocycles. The van der Waals surface area contributed by atoms with Crippen molar-refractivity contribution in [1.82, 2.24) is 15.3 Å². The van der Waals surface area contributed by atoms with E-state index in [2.05, 4.69) is 54.6 Å². The molecule has 1 aliphatic rings. The van der Waals surface area contributed by atoms with Crippen LogP contribution < -0.4 is 10.2 Å². The van der Waals surface area contributed by atoms with Crippen molar-refractivity contribution in [2.45, 2.75) is 51.5 Å². The Labute approximate surface area is 225 Å². The Kier molecular flexibility index (Phi) is 8.42. The molecular weight excluding hydrogens is 480 g/mol. The van der Waals surface area contributed by atoms with E-state index in [4.69, 9.17) is 26.0 Å². The monoisotopic (exact) mass is 516 g/mol. The third-order valence-corrected chi connectivity index (χ3v) is 7.81. The maximum atomic E-state index is 6.02. The van der Waals surface area contributed by atoms with Crippen LogP contribution in [0.1, 0.15) is 50.1 Å². The van der Waals surface area contributed by atoms with Gasteiger partial charge in [0, 0.05) is 36.5 Å². The van der Waals surface area contributed by atoms with Crippen molar-refractivity contribution < 1.29 is 4.42 Å². The number of nitrogens with zero attached hydrogens (tertiary/aromatic N) is 3. The topological polar surface area (TPSA) is 54.2 Å². The Morgan fingerprint density at radius 2 is 1.68 bits per heavy atom. The second kappa shape index (κ2) is 12.1. The molecule has 0 radical (unpaired) electrons. The maximum Gasteiger partial charge on any atom is 0.139 e. The molecule has 0 amide bonds. The molecule has 2 aromatic carbocycles. The van der Waals surface area contributed by atoms with Crippen LogP contribution in [-0.2, 0) is 13.0 Å². The zero-order valence-electron chi connectivity index (χ0n) is 21.9. The van der Waals surface area contributed by atoms with Gasteiger partial charge in [-0.1, -0.05) is 43.0 Å². The molecule has 1 fully saturated rings. The van der Waals surface area contributed by atoms with Gasteiger partial charge in [0.15, 0.2) is 0 Å². The second-order valence-electron chi connectivity index (χ2n) is 10.6. The highest BCUT2D eigenvalue weighted by Crippen LogP contribution is 2.32. The molecular formula is C31H37ClN4O. The SMILES string of the molecule is CN(C)c1nc(CCCC2CCC(CNCc3ccc(-c4ccc(Cl)cc4)o3)CC2)nc2ccccc12. The number of fused-ring (bicyclic) bond motifs is 1. The van der Waals surface area contributed by atoms with Crippen molar-refractivity contribution in [3.8, 4) is 11.3 Å². The fraction of sp³-hybridized carbons (Fsp3) is 0.419. The van der Waals surface area contributed by atoms with E-state index in [1.54, 1.807) is 0 Å². The Morgan fingerprint density at radius 3 is 2.46 bits per heavy atom. The van der Waals surface area contributed by atoms with Crippen LogP contribution in [0.2, 0.25) is 5.02 Å². The first-order valence-corrected chi connectivity index (χ1v) is 13.9. The molecule has 194 valence electrons. The quantitative estimate of drug-likeness (QED) is 0.236. The molecule has 2 aromatic heterocycles. The molecule has 0 bridgehead atoms. The number of anilines is 1. The lowest BCUT2D eigenvalue weighted by molar-refractivity contribution is 0.252. The van der Waals surface area contributed by atoms with Crippen LogP contribution in [0.15, 0.2) is 65.1 Å². The number of aromatic nitrogens is 2. The lowest BCUT2D eigenvalue weighted by Gasteiger charge is -2.28. The zero-order valence-corrected chi connectivity index (χ0v) is 22.7. The van der Waals surface area contributed by atoms with Gasteiger partial charge in [0.1, 0.15) is 23.2 Å². The van der Waals surface area contributed by atoms with Crippen molar-refractivity contribution >= 4 is 28.3 Å². The summed E-state index contributed by atoms with van der Waals surface area (Å²) in [6.45, 7) is 1.83. The Hall–Kier alpha value is -2.89. The summed E-state index contributed by atoms with van der Waals surface area (Å²) in [6.07, 6.45) is 8.66. The Balaban J connectivity index is 1.02. The molecule has 4 aromatic rings. The molecule has 0 atom stereocenters. The van der Waals surface area contributed by atoms with Crippen molar-refractivity contribution in [3.63, 3.8) is 0 Å². The summed E-state index contributed by atoms with van der Waals surface area (Å²) in [5, 5.41) is 5.48. The van der Waals surface area contributed by atoms with Gasteiger partial charge in [-0.15, -0.1) is 0 Å². The third-order valence-electron chi connectivity index (χ3n) is 7.55. The van der Waals surface area contributed by atoms with Crippen molar-refractivity contribution in [2.75, 3.05) is 25.5 Å². The minimum Gasteiger partial charge on any atom is -0.460 e. The molecule has 0 unspecified atom stereocenters. The van der Waals surface area contributed by atoms with Crippen LogP contribution in [0.25, 0.3) is 22.2 Å². The number of aryl methyl sites for hydroxylation is 1. The van der Waals surface area contributed by atoms with Gasteiger partial charge in [-0.3, -0.25) is 0 Å². The van der Waals surface area contributed by atoms with E-state index in [1.165, 1.54) is 32.1 Å². The predicted molar refractivity (Wildman–Crippen MR) is 153 cm³/mol. The number of nitrogens with one attached hydrogen (secondary N) is 1. The van der Waals surface area contributed by atoms with Gasteiger partial charge >= 0.3 is 0 Å². The van der Waals surface area contributed by atoms with Gasteiger partial charge in [-0.2, -0.15) is 0 Å². The number of hydrogen-bond donors (Lipinski definition) is 1. The van der Waals surface area contributed by atoms with Crippen LogP contribution in [0.4, 0.5) is 5.82 Å². The minimum atomic E-state index is 0.740. The summed E-state index contributed by atoms with van der Waals surface area (Å²) >= 11 is 5.99. The van der Waals surface area contributed by atoms with Gasteiger partial charge in [0.2, 0.25) is 0 Å². The Bertz CT molecular complexity index is 1290. The second-order valence-corrected chi connectivity index (χ2v) is 11.0. The van der Waals surface area contributed by atoms with E-state index in [9.17, 15) is 0 Å². The number of hydrogen-bond acceptors (Lipinski definition) is 5. The lowest BCUT2D eigenvalue weighted by atomic mass is 9.80. The van der Waals surface area contributed by atoms with Crippen LogP contribution in [0, 0.1) is 11.8 Å². The van der Waals surface area contributed by atoms with Crippen LogP contribution in [0.3, 0.4) is 0 Å². The standard InChI is InChI=1S/C31H37ClN4O/c1-36(2)31-27-7-3-4-8-28(27)34-30(35-31)9-5-6-22-10-12-23(13-11-22)20-33-21-26-18-19-29(37-26)24-14-16-25(32)17-15-24/h3-4,7-8,14-19,22-23,33H,5-6,9-13,20-21H2,1-2H3. The smallest absolute Gasteiger partial charge is 0.139 e. The van der Waals surface area contributed by atoms with Gasteiger partial charge in [-0.05, 0) is 86.2 Å². The van der Waals surface area contributed by atoms with Gasteiger partial charge in [0.05, 0.1) is 12.1 Å². The largest absolute Gasteiger partial charge is 0.460 e. The predicted octanol–water partition coefficient (Wildman–Crippen LogP) is 7.53. The van der Waals surface area contributed by atoms with Crippen molar-refractivity contribution in [3.05, 3.63) is 77.3 Å². The molecule has 0 saturated heterocycles. The van der Waals surface area contributed by atoms with Crippen LogP contribution in [0.5, 0.6) is 0 Å². The fourth-order valence-corrected chi connectivity index (χ4v) is 5.60. The first-order chi connectivity index (χ1) is 18.0. The summed E-state index contributed by atoms with van der Waals surface area (Å²) in [5.74, 6) is 5.44. The summed E-state index contributed by atoms with van der Waals surface area (Å²) in [5.41, 5.74) is 2.10. The fourth-order valence-electron chi connectivity index (χ4n) is 5.47. The maximum absolute atomic E-state index is 6.02. The number of benzene rings is 2. The minimum absolute atomic E-state index is 0.740. The average molecular weight is 517 g/mol. The highest BCUT2D eigenvalue weighted by atomic mass is 35.5. The van der Waals surface area contributed by atoms with E-state index in [-0.39, 0.29) is 0 Å². The molecule has 2 heterocycles. The van der Waals surface area contributed by atoms with Gasteiger partial charge < -0.3 is 14.6 Å². The summed E-state index contributed by atoms with van der Waals surface area (Å²) in [4.78, 5) is 11.8. The highest BCUT2D eigenvalue weighted by molar-refractivity contribution is 6.30. The van der Waals surface area contributed by atoms with E-state index >= 15 is 0 Å². The van der Waals surface area contributed by atoms with E-state index < -0.39 is 0 Å². The van der Waals surface area contributed by atoms with E-state index in [0.717, 1.165) is 82.4 Å². The number of halogens is 1.